The topological polar surface area (TPSA) is 92.4 Å². The van der Waals surface area contributed by atoms with E-state index in [9.17, 15) is 9.59 Å². The van der Waals surface area contributed by atoms with Crippen LogP contribution in [-0.4, -0.2) is 23.0 Å². The molecule has 104 valence electrons. The summed E-state index contributed by atoms with van der Waals surface area (Å²) in [7, 11) is 0. The summed E-state index contributed by atoms with van der Waals surface area (Å²) in [6.07, 6.45) is 0.759. The largest absolute Gasteiger partial charge is 0.481 e. The van der Waals surface area contributed by atoms with E-state index in [1.165, 1.54) is 0 Å². The molecule has 0 bridgehead atoms. The van der Waals surface area contributed by atoms with Gasteiger partial charge in [0.1, 0.15) is 0 Å². The van der Waals surface area contributed by atoms with Crippen LogP contribution in [0.25, 0.3) is 0 Å². The first kappa shape index (κ1) is 15.2. The van der Waals surface area contributed by atoms with Crippen LogP contribution in [0.2, 0.25) is 0 Å². The van der Waals surface area contributed by atoms with Crippen LogP contribution < -0.4 is 11.1 Å². The molecule has 1 unspecified atom stereocenters. The fourth-order valence-corrected chi connectivity index (χ4v) is 1.67. The number of rotatable bonds is 6. The number of hydrogen-bond donors (Lipinski definition) is 3. The van der Waals surface area contributed by atoms with Crippen LogP contribution in [0, 0.1) is 5.92 Å². The number of amides is 1. The van der Waals surface area contributed by atoms with Crippen molar-refractivity contribution in [2.75, 3.05) is 5.32 Å². The Morgan fingerprint density at radius 3 is 2.68 bits per heavy atom. The Morgan fingerprint density at radius 1 is 1.42 bits per heavy atom. The van der Waals surface area contributed by atoms with Crippen LogP contribution >= 0.6 is 0 Å². The third-order valence-electron chi connectivity index (χ3n) is 3.11. The molecule has 0 spiro atoms. The maximum Gasteiger partial charge on any atom is 0.307 e. The van der Waals surface area contributed by atoms with Gasteiger partial charge in [0.15, 0.2) is 0 Å². The predicted octanol–water partition coefficient (Wildman–Crippen LogP) is 1.63. The van der Waals surface area contributed by atoms with Gasteiger partial charge in [-0.1, -0.05) is 32.4 Å². The van der Waals surface area contributed by atoms with Crippen LogP contribution in [0.3, 0.4) is 0 Å². The number of aliphatic carboxylic acids is 1. The molecule has 1 aromatic rings. The third kappa shape index (κ3) is 4.71. The molecule has 0 radical (unpaired) electrons. The Bertz CT molecular complexity index is 460. The van der Waals surface area contributed by atoms with E-state index in [4.69, 9.17) is 10.8 Å². The Morgan fingerprint density at radius 2 is 2.11 bits per heavy atom. The fraction of sp³-hybridized carbons (Fsp3) is 0.429. The monoisotopic (exact) mass is 264 g/mol. The van der Waals surface area contributed by atoms with Crippen LogP contribution in [0.15, 0.2) is 24.3 Å². The molecule has 2 atom stereocenters. The zero-order chi connectivity index (χ0) is 14.4. The summed E-state index contributed by atoms with van der Waals surface area (Å²) in [5.74, 6) is -1.05. The summed E-state index contributed by atoms with van der Waals surface area (Å²) in [6.45, 7) is 3.90. The van der Waals surface area contributed by atoms with Crippen LogP contribution in [0.1, 0.15) is 25.8 Å². The van der Waals surface area contributed by atoms with Crippen molar-refractivity contribution in [1.29, 1.82) is 0 Å². The lowest BCUT2D eigenvalue weighted by atomic mass is 9.99. The lowest BCUT2D eigenvalue weighted by Crippen LogP contribution is -2.40. The number of nitrogens with two attached hydrogens (primary N) is 1. The van der Waals surface area contributed by atoms with Crippen LogP contribution in [-0.2, 0) is 16.0 Å². The van der Waals surface area contributed by atoms with Gasteiger partial charge in [-0.15, -0.1) is 0 Å². The lowest BCUT2D eigenvalue weighted by molar-refractivity contribution is -0.136. The molecule has 0 saturated carbocycles. The van der Waals surface area contributed by atoms with E-state index in [0.29, 0.717) is 11.3 Å². The Balaban J connectivity index is 2.71. The quantitative estimate of drug-likeness (QED) is 0.728. The molecule has 0 saturated heterocycles. The van der Waals surface area contributed by atoms with Crippen LogP contribution in [0.4, 0.5) is 5.69 Å². The molecule has 0 heterocycles. The standard InChI is InChI=1S/C14H20N2O3/c1-3-9(2)13(15)14(19)16-11-6-4-5-10(7-11)8-12(17)18/h4-7,9,13H,3,8,15H2,1-2H3,(H,16,19)(H,17,18)/t9?,13-/m0/s1. The van der Waals surface area contributed by atoms with E-state index in [-0.39, 0.29) is 18.2 Å². The number of hydrogen-bond acceptors (Lipinski definition) is 3. The summed E-state index contributed by atoms with van der Waals surface area (Å²) in [6, 6.07) is 6.22. The highest BCUT2D eigenvalue weighted by Crippen LogP contribution is 2.13. The molecular weight excluding hydrogens is 244 g/mol. The molecule has 0 aliphatic heterocycles. The van der Waals surface area contributed by atoms with Gasteiger partial charge in [-0.2, -0.15) is 0 Å². The smallest absolute Gasteiger partial charge is 0.307 e. The second-order valence-corrected chi connectivity index (χ2v) is 4.67. The maximum atomic E-state index is 11.9. The normalized spacial score (nSPS) is 13.6. The zero-order valence-corrected chi connectivity index (χ0v) is 11.2. The first-order chi connectivity index (χ1) is 8.93. The maximum absolute atomic E-state index is 11.9. The van der Waals surface area contributed by atoms with Gasteiger partial charge in [0.05, 0.1) is 12.5 Å². The Labute approximate surface area is 112 Å². The van der Waals surface area contributed by atoms with Gasteiger partial charge in [0.2, 0.25) is 5.91 Å². The number of carbonyl (C=O) groups excluding carboxylic acids is 1. The van der Waals surface area contributed by atoms with Crippen molar-refractivity contribution in [1.82, 2.24) is 0 Å². The van der Waals surface area contributed by atoms with Crippen molar-refractivity contribution in [2.24, 2.45) is 11.7 Å². The minimum Gasteiger partial charge on any atom is -0.481 e. The number of benzene rings is 1. The number of anilines is 1. The molecular formula is C14H20N2O3. The summed E-state index contributed by atoms with van der Waals surface area (Å²) in [4.78, 5) is 22.5. The van der Waals surface area contributed by atoms with E-state index in [0.717, 1.165) is 6.42 Å². The van der Waals surface area contributed by atoms with Gasteiger partial charge in [-0.3, -0.25) is 9.59 Å². The van der Waals surface area contributed by atoms with Crippen molar-refractivity contribution in [3.8, 4) is 0 Å². The number of carboxylic acids is 1. The number of nitrogens with one attached hydrogen (secondary N) is 1. The highest BCUT2D eigenvalue weighted by atomic mass is 16.4. The van der Waals surface area contributed by atoms with Crippen molar-refractivity contribution in [3.05, 3.63) is 29.8 Å². The zero-order valence-electron chi connectivity index (χ0n) is 11.2. The van der Waals surface area contributed by atoms with Gasteiger partial charge in [0, 0.05) is 5.69 Å². The molecule has 5 nitrogen and oxygen atoms in total. The molecule has 0 aliphatic rings. The van der Waals surface area contributed by atoms with E-state index in [1.807, 2.05) is 13.8 Å². The SMILES string of the molecule is CCC(C)[C@H](N)C(=O)Nc1cccc(CC(=O)O)c1. The molecule has 0 aliphatic carbocycles. The first-order valence-corrected chi connectivity index (χ1v) is 6.31. The summed E-state index contributed by atoms with van der Waals surface area (Å²) < 4.78 is 0. The van der Waals surface area contributed by atoms with Gasteiger partial charge in [0.25, 0.3) is 0 Å². The summed E-state index contributed by atoms with van der Waals surface area (Å²) >= 11 is 0. The molecule has 0 aromatic heterocycles. The van der Waals surface area contributed by atoms with E-state index in [2.05, 4.69) is 5.32 Å². The third-order valence-corrected chi connectivity index (χ3v) is 3.11. The molecule has 5 heteroatoms. The Hall–Kier alpha value is -1.88. The lowest BCUT2D eigenvalue weighted by Gasteiger charge is -2.17. The van der Waals surface area contributed by atoms with E-state index < -0.39 is 12.0 Å². The highest BCUT2D eigenvalue weighted by Gasteiger charge is 2.19. The molecule has 0 fully saturated rings. The van der Waals surface area contributed by atoms with Crippen molar-refractivity contribution in [2.45, 2.75) is 32.7 Å². The minimum absolute atomic E-state index is 0.0683. The van der Waals surface area contributed by atoms with Gasteiger partial charge >= 0.3 is 5.97 Å². The molecule has 1 rings (SSSR count). The van der Waals surface area contributed by atoms with Gasteiger partial charge in [-0.05, 0) is 23.6 Å². The molecule has 19 heavy (non-hydrogen) atoms. The van der Waals surface area contributed by atoms with Crippen molar-refractivity contribution < 1.29 is 14.7 Å². The fourth-order valence-electron chi connectivity index (χ4n) is 1.67. The number of carbonyl (C=O) groups is 2. The summed E-state index contributed by atoms with van der Waals surface area (Å²) in [5.41, 5.74) is 7.04. The van der Waals surface area contributed by atoms with Crippen molar-refractivity contribution in [3.63, 3.8) is 0 Å². The minimum atomic E-state index is -0.903. The summed E-state index contributed by atoms with van der Waals surface area (Å²) in [5, 5.41) is 11.4. The highest BCUT2D eigenvalue weighted by molar-refractivity contribution is 5.95. The van der Waals surface area contributed by atoms with Gasteiger partial charge in [-0.25, -0.2) is 0 Å². The average molecular weight is 264 g/mol. The second kappa shape index (κ2) is 6.89. The number of carboxylic acid groups (broad SMARTS) is 1. The second-order valence-electron chi connectivity index (χ2n) is 4.67. The van der Waals surface area contributed by atoms with E-state index in [1.54, 1.807) is 24.3 Å². The van der Waals surface area contributed by atoms with Crippen molar-refractivity contribution >= 4 is 17.6 Å². The Kier molecular flexibility index (Phi) is 5.51. The average Bonchev–Trinajstić information content (AvgIpc) is 2.36. The molecule has 1 aromatic carbocycles. The molecule has 1 amide bonds. The molecule has 4 N–H and O–H groups in total. The predicted molar refractivity (Wildman–Crippen MR) is 73.8 cm³/mol. The van der Waals surface area contributed by atoms with Crippen LogP contribution in [0.5, 0.6) is 0 Å². The van der Waals surface area contributed by atoms with E-state index >= 15 is 0 Å². The first-order valence-electron chi connectivity index (χ1n) is 6.31. The van der Waals surface area contributed by atoms with Gasteiger partial charge < -0.3 is 16.2 Å².